The van der Waals surface area contributed by atoms with Gasteiger partial charge in [-0.05, 0) is 37.3 Å². The molecule has 0 radical (unpaired) electrons. The van der Waals surface area contributed by atoms with Crippen molar-refractivity contribution in [3.8, 4) is 11.3 Å². The molecule has 1 unspecified atom stereocenters. The van der Waals surface area contributed by atoms with Gasteiger partial charge >= 0.3 is 0 Å². The average Bonchev–Trinajstić information content (AvgIpc) is 3.49. The number of hydrogen-bond acceptors (Lipinski definition) is 8. The van der Waals surface area contributed by atoms with Gasteiger partial charge in [-0.15, -0.1) is 5.10 Å². The van der Waals surface area contributed by atoms with Crippen LogP contribution >= 0.6 is 0 Å². The molecule has 45 heavy (non-hydrogen) atoms. The molecule has 2 fully saturated rings. The number of nitrogens with zero attached hydrogens (tertiary/aromatic N) is 7. The van der Waals surface area contributed by atoms with Gasteiger partial charge in [0.25, 0.3) is 0 Å². The molecule has 1 aliphatic heterocycles. The molecular weight excluding hydrogens is 600 g/mol. The number of methoxy groups -OCH3 is 1. The topological polar surface area (TPSA) is 108 Å². The molecule has 0 spiro atoms. The van der Waals surface area contributed by atoms with Crippen LogP contribution in [0, 0.1) is 12.8 Å². The van der Waals surface area contributed by atoms with E-state index in [1.54, 1.807) is 18.0 Å². The Labute approximate surface area is 259 Å². The quantitative estimate of drug-likeness (QED) is 0.236. The molecule has 1 saturated carbocycles. The number of anilines is 1. The van der Waals surface area contributed by atoms with Crippen molar-refractivity contribution in [2.24, 2.45) is 13.0 Å². The molecule has 2 aliphatic rings. The van der Waals surface area contributed by atoms with Crippen molar-refractivity contribution in [3.05, 3.63) is 60.0 Å². The maximum atomic E-state index is 14.5. The Morgan fingerprint density at radius 3 is 2.40 bits per heavy atom. The molecule has 1 aliphatic carbocycles. The van der Waals surface area contributed by atoms with Gasteiger partial charge in [-0.3, -0.25) is 4.98 Å². The maximum absolute atomic E-state index is 14.5. The van der Waals surface area contributed by atoms with Crippen LogP contribution in [0.15, 0.2) is 53.7 Å². The highest BCUT2D eigenvalue weighted by Crippen LogP contribution is 2.48. The molecule has 10 nitrogen and oxygen atoms in total. The molecule has 1 aromatic carbocycles. The summed E-state index contributed by atoms with van der Waals surface area (Å²) in [6, 6.07) is 11.3. The lowest BCUT2D eigenvalue weighted by Crippen LogP contribution is -2.52. The summed E-state index contributed by atoms with van der Waals surface area (Å²) in [5.74, 6) is -2.28. The summed E-state index contributed by atoms with van der Waals surface area (Å²) in [7, 11) is -0.300. The van der Waals surface area contributed by atoms with Crippen molar-refractivity contribution < 1.29 is 21.9 Å². The van der Waals surface area contributed by atoms with E-state index in [9.17, 15) is 17.2 Å². The molecule has 5 heterocycles. The predicted octanol–water partition coefficient (Wildman–Crippen LogP) is 5.34. The number of benzene rings is 1. The number of aromatic nitrogens is 6. The van der Waals surface area contributed by atoms with Crippen LogP contribution in [0.1, 0.15) is 43.0 Å². The first-order valence-corrected chi connectivity index (χ1v) is 17.0. The highest BCUT2D eigenvalue weighted by Gasteiger charge is 2.41. The van der Waals surface area contributed by atoms with E-state index in [-0.39, 0.29) is 29.8 Å². The summed E-state index contributed by atoms with van der Waals surface area (Å²) in [5.41, 5.74) is 4.94. The third-order valence-corrected chi connectivity index (χ3v) is 10.5. The number of rotatable bonds is 7. The standard InChI is InChI=1S/C32H35F2N7O3S/c1-19-28(39(2)38-37-19)22-14-24-27(35-15-22)26-30(25(45(4,42)43)16-36-31(26)40-17-23(18-40)44-3)41(24)29(20-8-6-5-7-9-20)21-10-12-32(33,34)13-11-21/h5-9,14-16,21,23,29H,10-13,17-18H2,1-4H3. The summed E-state index contributed by atoms with van der Waals surface area (Å²) in [4.78, 5) is 11.8. The monoisotopic (exact) mass is 635 g/mol. The second kappa shape index (κ2) is 10.8. The second-order valence-corrected chi connectivity index (χ2v) is 14.3. The summed E-state index contributed by atoms with van der Waals surface area (Å²) in [6.07, 6.45) is 4.53. The lowest BCUT2D eigenvalue weighted by Gasteiger charge is -2.39. The number of hydrogen-bond donors (Lipinski definition) is 0. The highest BCUT2D eigenvalue weighted by molar-refractivity contribution is 7.91. The first kappa shape index (κ1) is 29.7. The van der Waals surface area contributed by atoms with E-state index in [0.717, 1.165) is 22.5 Å². The molecule has 1 atom stereocenters. The van der Waals surface area contributed by atoms with Crippen LogP contribution < -0.4 is 4.90 Å². The first-order valence-electron chi connectivity index (χ1n) is 15.1. The van der Waals surface area contributed by atoms with Crippen LogP contribution in [-0.4, -0.2) is 76.4 Å². The normalized spacial score (nSPS) is 18.5. The Balaban J connectivity index is 1.59. The van der Waals surface area contributed by atoms with Crippen molar-refractivity contribution in [2.45, 2.75) is 55.6 Å². The smallest absolute Gasteiger partial charge is 0.248 e. The molecule has 4 aromatic heterocycles. The van der Waals surface area contributed by atoms with E-state index >= 15 is 0 Å². The maximum Gasteiger partial charge on any atom is 0.248 e. The van der Waals surface area contributed by atoms with E-state index in [4.69, 9.17) is 14.7 Å². The van der Waals surface area contributed by atoms with Crippen molar-refractivity contribution >= 4 is 37.6 Å². The van der Waals surface area contributed by atoms with E-state index in [2.05, 4.69) is 15.2 Å². The van der Waals surface area contributed by atoms with Crippen LogP contribution in [0.25, 0.3) is 33.2 Å². The summed E-state index contributed by atoms with van der Waals surface area (Å²) < 4.78 is 65.2. The van der Waals surface area contributed by atoms with E-state index in [1.165, 1.54) is 12.5 Å². The number of ether oxygens (including phenoxy) is 1. The number of alkyl halides is 2. The van der Waals surface area contributed by atoms with Crippen LogP contribution in [0.4, 0.5) is 14.6 Å². The van der Waals surface area contributed by atoms with Crippen molar-refractivity contribution in [1.29, 1.82) is 0 Å². The lowest BCUT2D eigenvalue weighted by atomic mass is 9.79. The Hall–Kier alpha value is -3.97. The summed E-state index contributed by atoms with van der Waals surface area (Å²) in [6.45, 7) is 3.07. The Bertz CT molecular complexity index is 1990. The average molecular weight is 636 g/mol. The molecule has 236 valence electrons. The van der Waals surface area contributed by atoms with Crippen molar-refractivity contribution in [2.75, 3.05) is 31.4 Å². The molecule has 7 rings (SSSR count). The van der Waals surface area contributed by atoms with Gasteiger partial charge in [-0.1, -0.05) is 35.5 Å². The minimum Gasteiger partial charge on any atom is -0.378 e. The molecular formula is C32H35F2N7O3S. The summed E-state index contributed by atoms with van der Waals surface area (Å²) >= 11 is 0. The van der Waals surface area contributed by atoms with Crippen LogP contribution in [-0.2, 0) is 21.6 Å². The van der Waals surface area contributed by atoms with Crippen molar-refractivity contribution in [3.63, 3.8) is 0 Å². The van der Waals surface area contributed by atoms with E-state index < -0.39 is 21.8 Å². The molecule has 13 heteroatoms. The summed E-state index contributed by atoms with van der Waals surface area (Å²) in [5, 5.41) is 9.02. The van der Waals surface area contributed by atoms with Gasteiger partial charge in [-0.25, -0.2) is 26.9 Å². The fourth-order valence-corrected chi connectivity index (χ4v) is 7.88. The van der Waals surface area contributed by atoms with Gasteiger partial charge < -0.3 is 14.2 Å². The van der Waals surface area contributed by atoms with Crippen LogP contribution in [0.3, 0.4) is 0 Å². The second-order valence-electron chi connectivity index (χ2n) is 12.4. The molecule has 1 saturated heterocycles. The number of fused-ring (bicyclic) bond motifs is 3. The molecule has 0 bridgehead atoms. The number of sulfone groups is 1. The fraction of sp³-hybridized carbons (Fsp3) is 0.438. The number of aryl methyl sites for hydroxylation is 2. The third kappa shape index (κ3) is 5.05. The zero-order valence-electron chi connectivity index (χ0n) is 25.6. The zero-order valence-corrected chi connectivity index (χ0v) is 26.4. The SMILES string of the molecule is COC1CN(c2ncc(S(C)(=O)=O)c3c2c2ncc(-c4c(C)nnn4C)cc2n3C(c2ccccc2)C2CCC(F)(F)CC2)C1. The van der Waals surface area contributed by atoms with Gasteiger partial charge in [0.15, 0.2) is 9.84 Å². The van der Waals surface area contributed by atoms with E-state index in [1.807, 2.05) is 54.9 Å². The molecule has 0 N–H and O–H groups in total. The Kier molecular flexibility index (Phi) is 7.16. The van der Waals surface area contributed by atoms with Gasteiger partial charge in [0.05, 0.1) is 51.7 Å². The van der Waals surface area contributed by atoms with Crippen LogP contribution in [0.5, 0.6) is 0 Å². The van der Waals surface area contributed by atoms with Crippen molar-refractivity contribution in [1.82, 2.24) is 29.5 Å². The third-order valence-electron chi connectivity index (χ3n) is 9.38. The zero-order chi connectivity index (χ0) is 31.7. The number of halogens is 2. The van der Waals surface area contributed by atoms with Crippen LogP contribution in [0.2, 0.25) is 0 Å². The molecule has 0 amide bonds. The fourth-order valence-electron chi connectivity index (χ4n) is 7.09. The first-order chi connectivity index (χ1) is 21.5. The van der Waals surface area contributed by atoms with Gasteiger partial charge in [0, 0.05) is 58.1 Å². The van der Waals surface area contributed by atoms with Gasteiger partial charge in [-0.2, -0.15) is 0 Å². The Morgan fingerprint density at radius 1 is 1.07 bits per heavy atom. The minimum absolute atomic E-state index is 0.0330. The van der Waals surface area contributed by atoms with Gasteiger partial charge in [0.2, 0.25) is 5.92 Å². The largest absolute Gasteiger partial charge is 0.378 e. The molecule has 5 aromatic rings. The van der Waals surface area contributed by atoms with Gasteiger partial charge in [0.1, 0.15) is 10.7 Å². The predicted molar refractivity (Wildman–Crippen MR) is 167 cm³/mol. The lowest BCUT2D eigenvalue weighted by molar-refractivity contribution is -0.0493. The number of pyridine rings is 2. The van der Waals surface area contributed by atoms with E-state index in [0.29, 0.717) is 53.7 Å². The minimum atomic E-state index is -3.78. The highest BCUT2D eigenvalue weighted by atomic mass is 32.2. The Morgan fingerprint density at radius 2 is 1.78 bits per heavy atom.